The van der Waals surface area contributed by atoms with Crippen LogP contribution in [0.4, 0.5) is 21.6 Å². The van der Waals surface area contributed by atoms with Gasteiger partial charge in [0.25, 0.3) is 0 Å². The summed E-state index contributed by atoms with van der Waals surface area (Å²) in [6, 6.07) is 7.90. The molecule has 2 aromatic rings. The minimum Gasteiger partial charge on any atom is -0.397 e. The van der Waals surface area contributed by atoms with Crippen LogP contribution in [0.2, 0.25) is 0 Å². The van der Waals surface area contributed by atoms with E-state index in [-0.39, 0.29) is 5.82 Å². The molecule has 2 rings (SSSR count). The summed E-state index contributed by atoms with van der Waals surface area (Å²) in [5.74, 6) is 0.468. The molecular weight excluding hydrogens is 181 g/mol. The molecule has 0 saturated carbocycles. The van der Waals surface area contributed by atoms with Crippen LogP contribution in [-0.4, -0.2) is 4.98 Å². The van der Waals surface area contributed by atoms with Crippen molar-refractivity contribution in [3.63, 3.8) is 0 Å². The Morgan fingerprint density at radius 1 is 1.29 bits per heavy atom. The van der Waals surface area contributed by atoms with Gasteiger partial charge in [-0.05, 0) is 30.3 Å². The molecule has 4 heteroatoms. The van der Waals surface area contributed by atoms with Crippen molar-refractivity contribution in [2.75, 3.05) is 11.1 Å². The maximum atomic E-state index is 12.9. The smallest absolute Gasteiger partial charge is 0.125 e. The predicted octanol–water partition coefficient (Wildman–Crippen LogP) is 2.48. The molecule has 3 nitrogen and oxygen atoms in total. The van der Waals surface area contributed by atoms with Crippen molar-refractivity contribution < 1.29 is 4.39 Å². The molecule has 0 atom stereocenters. The third-order valence-electron chi connectivity index (χ3n) is 1.88. The molecule has 1 heterocycles. The normalized spacial score (nSPS) is 10.1. The van der Waals surface area contributed by atoms with Gasteiger partial charge in [0.15, 0.2) is 0 Å². The minimum atomic E-state index is -0.312. The molecule has 72 valence electrons. The van der Waals surface area contributed by atoms with Crippen LogP contribution >= 0.6 is 0 Å². The standard InChI is InChI=1S/C10H10FN3/c11-7-3-4-8(12)9(6-7)14-10-2-1-5-13-10/h1-6,13-14H,12H2. The Labute approximate surface area is 80.8 Å². The molecule has 0 spiro atoms. The average Bonchev–Trinajstić information content (AvgIpc) is 2.64. The van der Waals surface area contributed by atoms with E-state index in [4.69, 9.17) is 5.73 Å². The molecule has 0 aliphatic heterocycles. The fourth-order valence-electron chi connectivity index (χ4n) is 1.19. The minimum absolute atomic E-state index is 0.312. The van der Waals surface area contributed by atoms with Crippen molar-refractivity contribution in [2.24, 2.45) is 0 Å². The van der Waals surface area contributed by atoms with Gasteiger partial charge < -0.3 is 16.0 Å². The number of aromatic amines is 1. The van der Waals surface area contributed by atoms with Crippen molar-refractivity contribution in [1.82, 2.24) is 4.98 Å². The molecule has 0 aliphatic carbocycles. The van der Waals surface area contributed by atoms with E-state index in [0.29, 0.717) is 11.4 Å². The van der Waals surface area contributed by atoms with Crippen LogP contribution in [0.25, 0.3) is 0 Å². The molecular formula is C10H10FN3. The number of nitrogen functional groups attached to an aromatic ring is 1. The summed E-state index contributed by atoms with van der Waals surface area (Å²) in [6.07, 6.45) is 1.78. The number of halogens is 1. The monoisotopic (exact) mass is 191 g/mol. The number of nitrogens with one attached hydrogen (secondary N) is 2. The van der Waals surface area contributed by atoms with Gasteiger partial charge >= 0.3 is 0 Å². The van der Waals surface area contributed by atoms with Gasteiger partial charge in [0.2, 0.25) is 0 Å². The van der Waals surface area contributed by atoms with Crippen molar-refractivity contribution in [2.45, 2.75) is 0 Å². The van der Waals surface area contributed by atoms with Gasteiger partial charge in [-0.2, -0.15) is 0 Å². The Kier molecular flexibility index (Phi) is 2.10. The lowest BCUT2D eigenvalue weighted by molar-refractivity contribution is 0.628. The first-order valence-corrected chi connectivity index (χ1v) is 4.21. The zero-order valence-corrected chi connectivity index (χ0v) is 7.42. The van der Waals surface area contributed by atoms with Gasteiger partial charge in [0.05, 0.1) is 11.4 Å². The number of anilines is 3. The van der Waals surface area contributed by atoms with Crippen molar-refractivity contribution in [3.8, 4) is 0 Å². The zero-order valence-electron chi connectivity index (χ0n) is 7.42. The van der Waals surface area contributed by atoms with Crippen LogP contribution in [0.15, 0.2) is 36.5 Å². The highest BCUT2D eigenvalue weighted by Crippen LogP contribution is 2.22. The van der Waals surface area contributed by atoms with Crippen LogP contribution in [0.5, 0.6) is 0 Å². The van der Waals surface area contributed by atoms with E-state index in [1.54, 1.807) is 6.20 Å². The Hall–Kier alpha value is -1.97. The van der Waals surface area contributed by atoms with E-state index in [9.17, 15) is 4.39 Å². The predicted molar refractivity (Wildman–Crippen MR) is 54.9 cm³/mol. The summed E-state index contributed by atoms with van der Waals surface area (Å²) in [5.41, 5.74) is 6.74. The number of aromatic nitrogens is 1. The van der Waals surface area contributed by atoms with E-state index in [2.05, 4.69) is 10.3 Å². The maximum Gasteiger partial charge on any atom is 0.125 e. The molecule has 0 aliphatic rings. The second-order valence-electron chi connectivity index (χ2n) is 2.94. The highest BCUT2D eigenvalue weighted by molar-refractivity contribution is 5.71. The average molecular weight is 191 g/mol. The van der Waals surface area contributed by atoms with Gasteiger partial charge in [0, 0.05) is 6.20 Å². The van der Waals surface area contributed by atoms with E-state index in [1.807, 2.05) is 12.1 Å². The summed E-state index contributed by atoms with van der Waals surface area (Å²) < 4.78 is 12.9. The molecule has 0 amide bonds. The fourth-order valence-corrected chi connectivity index (χ4v) is 1.19. The van der Waals surface area contributed by atoms with Crippen LogP contribution in [0.1, 0.15) is 0 Å². The summed E-state index contributed by atoms with van der Waals surface area (Å²) in [4.78, 5) is 2.94. The van der Waals surface area contributed by atoms with Gasteiger partial charge in [-0.25, -0.2) is 4.39 Å². The quantitative estimate of drug-likeness (QED) is 0.639. The first kappa shape index (κ1) is 8.62. The SMILES string of the molecule is Nc1ccc(F)cc1Nc1ccc[nH]1. The van der Waals surface area contributed by atoms with Gasteiger partial charge in [0.1, 0.15) is 11.6 Å². The van der Waals surface area contributed by atoms with E-state index < -0.39 is 0 Å². The summed E-state index contributed by atoms with van der Waals surface area (Å²) in [7, 11) is 0. The molecule has 0 fully saturated rings. The second kappa shape index (κ2) is 3.41. The molecule has 0 saturated heterocycles. The van der Waals surface area contributed by atoms with Crippen LogP contribution in [-0.2, 0) is 0 Å². The number of H-pyrrole nitrogens is 1. The number of hydrogen-bond donors (Lipinski definition) is 3. The zero-order chi connectivity index (χ0) is 9.97. The molecule has 0 unspecified atom stereocenters. The lowest BCUT2D eigenvalue weighted by atomic mass is 10.2. The van der Waals surface area contributed by atoms with E-state index in [1.165, 1.54) is 18.2 Å². The Morgan fingerprint density at radius 3 is 2.86 bits per heavy atom. The van der Waals surface area contributed by atoms with Gasteiger partial charge in [-0.15, -0.1) is 0 Å². The summed E-state index contributed by atoms with van der Waals surface area (Å²) >= 11 is 0. The van der Waals surface area contributed by atoms with Crippen LogP contribution < -0.4 is 11.1 Å². The summed E-state index contributed by atoms with van der Waals surface area (Å²) in [6.45, 7) is 0. The van der Waals surface area contributed by atoms with Crippen molar-refractivity contribution >= 4 is 17.2 Å². The molecule has 1 aromatic carbocycles. The van der Waals surface area contributed by atoms with Crippen LogP contribution in [0, 0.1) is 5.82 Å². The highest BCUT2D eigenvalue weighted by atomic mass is 19.1. The Bertz CT molecular complexity index is 423. The molecule has 0 bridgehead atoms. The molecule has 4 N–H and O–H groups in total. The van der Waals surface area contributed by atoms with E-state index >= 15 is 0 Å². The molecule has 0 radical (unpaired) electrons. The molecule has 1 aromatic heterocycles. The van der Waals surface area contributed by atoms with Crippen molar-refractivity contribution in [1.29, 1.82) is 0 Å². The topological polar surface area (TPSA) is 53.8 Å². The summed E-state index contributed by atoms with van der Waals surface area (Å²) in [5, 5.41) is 2.97. The first-order chi connectivity index (χ1) is 6.75. The highest BCUT2D eigenvalue weighted by Gasteiger charge is 2.01. The fraction of sp³-hybridized carbons (Fsp3) is 0. The Balaban J connectivity index is 2.28. The van der Waals surface area contributed by atoms with Gasteiger partial charge in [-0.1, -0.05) is 0 Å². The lowest BCUT2D eigenvalue weighted by Crippen LogP contribution is -1.96. The third-order valence-corrected chi connectivity index (χ3v) is 1.88. The largest absolute Gasteiger partial charge is 0.397 e. The Morgan fingerprint density at radius 2 is 2.14 bits per heavy atom. The maximum absolute atomic E-state index is 12.9. The molecule has 14 heavy (non-hydrogen) atoms. The second-order valence-corrected chi connectivity index (χ2v) is 2.94. The first-order valence-electron chi connectivity index (χ1n) is 4.21. The number of benzene rings is 1. The van der Waals surface area contributed by atoms with E-state index in [0.717, 1.165) is 5.82 Å². The third kappa shape index (κ3) is 1.69. The number of hydrogen-bond acceptors (Lipinski definition) is 2. The van der Waals surface area contributed by atoms with Crippen LogP contribution in [0.3, 0.4) is 0 Å². The number of nitrogens with two attached hydrogens (primary N) is 1. The van der Waals surface area contributed by atoms with Crippen molar-refractivity contribution in [3.05, 3.63) is 42.3 Å². The lowest BCUT2D eigenvalue weighted by Gasteiger charge is -2.06. The number of rotatable bonds is 2. The van der Waals surface area contributed by atoms with Gasteiger partial charge in [-0.3, -0.25) is 0 Å².